The van der Waals surface area contributed by atoms with E-state index in [9.17, 15) is 9.59 Å². The van der Waals surface area contributed by atoms with Gasteiger partial charge in [0.15, 0.2) is 0 Å². The number of nitrogens with one attached hydrogen (secondary N) is 2. The molecular weight excluding hydrogens is 244 g/mol. The minimum atomic E-state index is -0.423. The molecule has 1 aromatic carbocycles. The lowest BCUT2D eigenvalue weighted by atomic mass is 10.1. The lowest BCUT2D eigenvalue weighted by Crippen LogP contribution is -2.36. The third kappa shape index (κ3) is 3.62. The van der Waals surface area contributed by atoms with Crippen molar-refractivity contribution in [3.05, 3.63) is 35.4 Å². The maximum absolute atomic E-state index is 11.4. The molecule has 2 amide bonds. The van der Waals surface area contributed by atoms with Crippen LogP contribution in [0.2, 0.25) is 0 Å². The topological polar surface area (TPSA) is 67.4 Å². The summed E-state index contributed by atoms with van der Waals surface area (Å²) in [6.45, 7) is 3.73. The number of imide groups is 1. The Labute approximate surface area is 112 Å². The molecule has 0 spiro atoms. The second-order valence-electron chi connectivity index (χ2n) is 4.46. The summed E-state index contributed by atoms with van der Waals surface area (Å²) in [5.41, 5.74) is 2.18. The van der Waals surface area contributed by atoms with Crippen molar-refractivity contribution in [2.24, 2.45) is 0 Å². The number of rotatable bonds is 6. The van der Waals surface area contributed by atoms with E-state index in [0.29, 0.717) is 19.8 Å². The van der Waals surface area contributed by atoms with Crippen molar-refractivity contribution >= 4 is 11.8 Å². The van der Waals surface area contributed by atoms with Gasteiger partial charge in [0.25, 0.3) is 0 Å². The van der Waals surface area contributed by atoms with Crippen molar-refractivity contribution in [2.45, 2.75) is 32.5 Å². The predicted octanol–water partition coefficient (Wildman–Crippen LogP) is 0.728. The van der Waals surface area contributed by atoms with E-state index in [0.717, 1.165) is 11.1 Å². The molecule has 1 aliphatic rings. The van der Waals surface area contributed by atoms with Gasteiger partial charge in [-0.2, -0.15) is 0 Å². The summed E-state index contributed by atoms with van der Waals surface area (Å²) >= 11 is 0. The standard InChI is InChI=1S/C14H18N2O3/c1-2-19-9-11-6-4-3-5-10(11)8-15-12-7-13(17)16-14(12)18/h3-6,12,15H,2,7-9H2,1H3,(H,16,17,18). The van der Waals surface area contributed by atoms with E-state index in [4.69, 9.17) is 4.74 Å². The highest BCUT2D eigenvalue weighted by Crippen LogP contribution is 2.11. The smallest absolute Gasteiger partial charge is 0.244 e. The van der Waals surface area contributed by atoms with E-state index < -0.39 is 6.04 Å². The van der Waals surface area contributed by atoms with Gasteiger partial charge in [-0.05, 0) is 18.1 Å². The molecule has 19 heavy (non-hydrogen) atoms. The number of carbonyl (C=O) groups excluding carboxylic acids is 2. The lowest BCUT2D eigenvalue weighted by Gasteiger charge is -2.12. The van der Waals surface area contributed by atoms with Crippen LogP contribution in [0.1, 0.15) is 24.5 Å². The normalized spacial score (nSPS) is 18.7. The van der Waals surface area contributed by atoms with Crippen LogP contribution in [0.4, 0.5) is 0 Å². The SMILES string of the molecule is CCOCc1ccccc1CNC1CC(=O)NC1=O. The Morgan fingerprint density at radius 1 is 1.32 bits per heavy atom. The Kier molecular flexibility index (Phi) is 4.65. The van der Waals surface area contributed by atoms with Crippen LogP contribution in [0, 0.1) is 0 Å². The number of carbonyl (C=O) groups is 2. The molecule has 2 N–H and O–H groups in total. The summed E-state index contributed by atoms with van der Waals surface area (Å²) in [7, 11) is 0. The first-order valence-corrected chi connectivity index (χ1v) is 6.42. The second-order valence-corrected chi connectivity index (χ2v) is 4.46. The van der Waals surface area contributed by atoms with Gasteiger partial charge in [0, 0.05) is 13.2 Å². The first-order valence-electron chi connectivity index (χ1n) is 6.42. The van der Waals surface area contributed by atoms with Gasteiger partial charge in [0.1, 0.15) is 0 Å². The van der Waals surface area contributed by atoms with Gasteiger partial charge in [-0.3, -0.25) is 14.9 Å². The molecule has 1 aliphatic heterocycles. The number of hydrogen-bond donors (Lipinski definition) is 2. The zero-order valence-corrected chi connectivity index (χ0v) is 10.9. The molecular formula is C14H18N2O3. The van der Waals surface area contributed by atoms with Crippen molar-refractivity contribution in [3.8, 4) is 0 Å². The van der Waals surface area contributed by atoms with E-state index in [1.54, 1.807) is 0 Å². The van der Waals surface area contributed by atoms with Crippen LogP contribution >= 0.6 is 0 Å². The van der Waals surface area contributed by atoms with Gasteiger partial charge in [-0.25, -0.2) is 0 Å². The zero-order valence-electron chi connectivity index (χ0n) is 10.9. The molecule has 0 saturated carbocycles. The molecule has 5 nitrogen and oxygen atoms in total. The van der Waals surface area contributed by atoms with Crippen molar-refractivity contribution in [1.82, 2.24) is 10.6 Å². The Hall–Kier alpha value is -1.72. The fourth-order valence-corrected chi connectivity index (χ4v) is 2.03. The van der Waals surface area contributed by atoms with E-state index in [1.807, 2.05) is 31.2 Å². The van der Waals surface area contributed by atoms with Gasteiger partial charge in [-0.1, -0.05) is 24.3 Å². The molecule has 1 aromatic rings. The van der Waals surface area contributed by atoms with Crippen molar-refractivity contribution in [2.75, 3.05) is 6.61 Å². The third-order valence-corrected chi connectivity index (χ3v) is 3.09. The highest BCUT2D eigenvalue weighted by atomic mass is 16.5. The van der Waals surface area contributed by atoms with E-state index in [2.05, 4.69) is 10.6 Å². The minimum absolute atomic E-state index is 0.215. The fraction of sp³-hybridized carbons (Fsp3) is 0.429. The van der Waals surface area contributed by atoms with Crippen LogP contribution in [0.15, 0.2) is 24.3 Å². The summed E-state index contributed by atoms with van der Waals surface area (Å²) in [6, 6.07) is 7.49. The van der Waals surface area contributed by atoms with Crippen LogP contribution in [0.3, 0.4) is 0 Å². The quantitative estimate of drug-likeness (QED) is 0.742. The van der Waals surface area contributed by atoms with Crippen LogP contribution < -0.4 is 10.6 Å². The third-order valence-electron chi connectivity index (χ3n) is 3.09. The summed E-state index contributed by atoms with van der Waals surface area (Å²) in [5.74, 6) is -0.461. The molecule has 0 aliphatic carbocycles. The predicted molar refractivity (Wildman–Crippen MR) is 70.2 cm³/mol. The van der Waals surface area contributed by atoms with Crippen LogP contribution in [-0.4, -0.2) is 24.5 Å². The Bertz CT molecular complexity index is 474. The van der Waals surface area contributed by atoms with Crippen LogP contribution in [-0.2, 0) is 27.5 Å². The largest absolute Gasteiger partial charge is 0.377 e. The summed E-state index contributed by atoms with van der Waals surface area (Å²) < 4.78 is 5.41. The van der Waals surface area contributed by atoms with Crippen LogP contribution in [0.25, 0.3) is 0 Å². The van der Waals surface area contributed by atoms with Gasteiger partial charge in [-0.15, -0.1) is 0 Å². The molecule has 5 heteroatoms. The summed E-state index contributed by atoms with van der Waals surface area (Å²) in [4.78, 5) is 22.5. The van der Waals surface area contributed by atoms with Crippen molar-refractivity contribution in [1.29, 1.82) is 0 Å². The zero-order chi connectivity index (χ0) is 13.7. The number of ether oxygens (including phenoxy) is 1. The maximum atomic E-state index is 11.4. The molecule has 1 atom stereocenters. The minimum Gasteiger partial charge on any atom is -0.377 e. The van der Waals surface area contributed by atoms with Crippen molar-refractivity contribution < 1.29 is 14.3 Å². The highest BCUT2D eigenvalue weighted by molar-refractivity contribution is 6.05. The fourth-order valence-electron chi connectivity index (χ4n) is 2.03. The van der Waals surface area contributed by atoms with Crippen LogP contribution in [0.5, 0.6) is 0 Å². The van der Waals surface area contributed by atoms with Gasteiger partial charge >= 0.3 is 0 Å². The summed E-state index contributed by atoms with van der Waals surface area (Å²) in [6.07, 6.45) is 0.215. The Balaban J connectivity index is 1.95. The average Bonchev–Trinajstić information content (AvgIpc) is 2.73. The highest BCUT2D eigenvalue weighted by Gasteiger charge is 2.29. The average molecular weight is 262 g/mol. The maximum Gasteiger partial charge on any atom is 0.244 e. The lowest BCUT2D eigenvalue weighted by molar-refractivity contribution is -0.125. The van der Waals surface area contributed by atoms with E-state index in [1.165, 1.54) is 0 Å². The Morgan fingerprint density at radius 3 is 2.68 bits per heavy atom. The van der Waals surface area contributed by atoms with Gasteiger partial charge in [0.2, 0.25) is 11.8 Å². The van der Waals surface area contributed by atoms with Gasteiger partial charge in [0.05, 0.1) is 19.1 Å². The first kappa shape index (κ1) is 13.7. The Morgan fingerprint density at radius 2 is 2.05 bits per heavy atom. The van der Waals surface area contributed by atoms with E-state index in [-0.39, 0.29) is 18.2 Å². The second kappa shape index (κ2) is 6.45. The first-order chi connectivity index (χ1) is 9.20. The molecule has 0 radical (unpaired) electrons. The molecule has 1 unspecified atom stereocenters. The molecule has 1 heterocycles. The molecule has 0 bridgehead atoms. The monoisotopic (exact) mass is 262 g/mol. The molecule has 1 saturated heterocycles. The van der Waals surface area contributed by atoms with E-state index >= 15 is 0 Å². The summed E-state index contributed by atoms with van der Waals surface area (Å²) in [5, 5.41) is 5.39. The molecule has 0 aromatic heterocycles. The number of hydrogen-bond acceptors (Lipinski definition) is 4. The molecule has 1 fully saturated rings. The number of benzene rings is 1. The number of amides is 2. The molecule has 2 rings (SSSR count). The van der Waals surface area contributed by atoms with Gasteiger partial charge < -0.3 is 10.1 Å². The van der Waals surface area contributed by atoms with Crippen molar-refractivity contribution in [3.63, 3.8) is 0 Å². The molecule has 102 valence electrons.